The molecule has 1 amide bonds. The third-order valence-corrected chi connectivity index (χ3v) is 7.27. The van der Waals surface area contributed by atoms with E-state index >= 15 is 0 Å². The highest BCUT2D eigenvalue weighted by atomic mass is 16.4. The summed E-state index contributed by atoms with van der Waals surface area (Å²) >= 11 is 0. The second-order valence-corrected chi connectivity index (χ2v) is 9.57. The van der Waals surface area contributed by atoms with E-state index in [1.54, 1.807) is 0 Å². The maximum atomic E-state index is 13.1. The lowest BCUT2D eigenvalue weighted by Crippen LogP contribution is -2.36. The fraction of sp³-hybridized carbons (Fsp3) is 0.310. The predicted molar refractivity (Wildman–Crippen MR) is 138 cm³/mol. The van der Waals surface area contributed by atoms with Gasteiger partial charge in [0.05, 0.1) is 11.9 Å². The zero-order valence-electron chi connectivity index (χ0n) is 20.9. The minimum absolute atomic E-state index is 0.0217. The molecule has 1 aliphatic heterocycles. The van der Waals surface area contributed by atoms with Crippen molar-refractivity contribution in [1.82, 2.24) is 19.9 Å². The van der Waals surface area contributed by atoms with E-state index < -0.39 is 5.97 Å². The quantitative estimate of drug-likeness (QED) is 0.423. The maximum absolute atomic E-state index is 13.1. The van der Waals surface area contributed by atoms with Crippen LogP contribution in [0.5, 0.6) is 0 Å². The van der Waals surface area contributed by atoms with Crippen LogP contribution >= 0.6 is 0 Å². The highest BCUT2D eigenvalue weighted by Gasteiger charge is 2.26. The van der Waals surface area contributed by atoms with Crippen LogP contribution in [0.15, 0.2) is 54.6 Å². The van der Waals surface area contributed by atoms with Gasteiger partial charge in [-0.3, -0.25) is 9.59 Å². The number of carbonyl (C=O) groups is 2. The summed E-state index contributed by atoms with van der Waals surface area (Å²) in [5.41, 5.74) is 8.67. The molecule has 0 saturated heterocycles. The van der Waals surface area contributed by atoms with Gasteiger partial charge < -0.3 is 10.0 Å². The molecular weight excluding hydrogens is 452 g/mol. The number of aryl methyl sites for hydroxylation is 3. The van der Waals surface area contributed by atoms with Crippen LogP contribution in [0.4, 0.5) is 0 Å². The third-order valence-electron chi connectivity index (χ3n) is 7.27. The lowest BCUT2D eigenvalue weighted by atomic mass is 9.83. The van der Waals surface area contributed by atoms with Gasteiger partial charge in [-0.2, -0.15) is 0 Å². The smallest absolute Gasteiger partial charge is 0.304 e. The average Bonchev–Trinajstić information content (AvgIpc) is 3.31. The van der Waals surface area contributed by atoms with Gasteiger partial charge >= 0.3 is 5.97 Å². The molecule has 7 nitrogen and oxygen atoms in total. The SMILES string of the molecule is CCn1nnc2c(C)c(C(CC(=O)O)c3ccc4c(c3)CN(C(=O)c3ccc(C)cc3)CC4)ccc21. The number of carboxylic acids is 1. The molecule has 0 fully saturated rings. The molecule has 184 valence electrons. The number of fused-ring (bicyclic) bond motifs is 2. The molecule has 1 atom stereocenters. The number of nitrogens with zero attached hydrogens (tertiary/aromatic N) is 4. The Balaban J connectivity index is 1.49. The lowest BCUT2D eigenvalue weighted by Gasteiger charge is -2.30. The van der Waals surface area contributed by atoms with Crippen LogP contribution in [0, 0.1) is 13.8 Å². The number of carbonyl (C=O) groups excluding carboxylic acids is 1. The number of benzene rings is 3. The van der Waals surface area contributed by atoms with Gasteiger partial charge in [-0.05, 0) is 73.2 Å². The monoisotopic (exact) mass is 482 g/mol. The summed E-state index contributed by atoms with van der Waals surface area (Å²) in [5.74, 6) is -1.16. The van der Waals surface area contributed by atoms with Gasteiger partial charge in [0.1, 0.15) is 5.52 Å². The maximum Gasteiger partial charge on any atom is 0.304 e. The van der Waals surface area contributed by atoms with E-state index in [1.165, 1.54) is 5.56 Å². The number of carboxylic acid groups (broad SMARTS) is 1. The van der Waals surface area contributed by atoms with E-state index in [4.69, 9.17) is 0 Å². The Bertz CT molecular complexity index is 1460. The number of aliphatic carboxylic acids is 1. The summed E-state index contributed by atoms with van der Waals surface area (Å²) < 4.78 is 1.84. The summed E-state index contributed by atoms with van der Waals surface area (Å²) in [4.78, 5) is 26.9. The molecule has 2 heterocycles. The molecule has 1 aromatic heterocycles. The van der Waals surface area contributed by atoms with Crippen molar-refractivity contribution in [2.75, 3.05) is 6.54 Å². The standard InChI is InChI=1S/C29H30N4O3/c1-4-33-26-12-11-24(19(3)28(26)30-31-33)25(16-27(34)35)22-10-9-20-13-14-32(17-23(20)15-22)29(36)21-7-5-18(2)6-8-21/h5-12,15,25H,4,13-14,16-17H2,1-3H3,(H,34,35). The van der Waals surface area contributed by atoms with Crippen LogP contribution in [0.1, 0.15) is 63.0 Å². The highest BCUT2D eigenvalue weighted by molar-refractivity contribution is 5.94. The summed E-state index contributed by atoms with van der Waals surface area (Å²) in [6.07, 6.45) is 0.751. The zero-order valence-corrected chi connectivity index (χ0v) is 20.9. The number of hydrogen-bond donors (Lipinski definition) is 1. The summed E-state index contributed by atoms with van der Waals surface area (Å²) in [5, 5.41) is 18.4. The van der Waals surface area contributed by atoms with Gasteiger partial charge in [0.2, 0.25) is 0 Å². The Morgan fingerprint density at radius 3 is 2.53 bits per heavy atom. The Kier molecular flexibility index (Phi) is 6.31. The first-order valence-electron chi connectivity index (χ1n) is 12.4. The van der Waals surface area contributed by atoms with Crippen molar-refractivity contribution in [3.8, 4) is 0 Å². The van der Waals surface area contributed by atoms with Crippen molar-refractivity contribution in [1.29, 1.82) is 0 Å². The number of aromatic nitrogens is 3. The number of hydrogen-bond acceptors (Lipinski definition) is 4. The van der Waals surface area contributed by atoms with Crippen molar-refractivity contribution in [3.63, 3.8) is 0 Å². The Morgan fingerprint density at radius 1 is 1.03 bits per heavy atom. The minimum Gasteiger partial charge on any atom is -0.481 e. The van der Waals surface area contributed by atoms with E-state index in [-0.39, 0.29) is 18.2 Å². The van der Waals surface area contributed by atoms with Crippen molar-refractivity contribution in [2.24, 2.45) is 0 Å². The van der Waals surface area contributed by atoms with E-state index in [2.05, 4.69) is 22.4 Å². The Morgan fingerprint density at radius 2 is 1.81 bits per heavy atom. The Hall–Kier alpha value is -4.00. The highest BCUT2D eigenvalue weighted by Crippen LogP contribution is 2.35. The molecular formula is C29H30N4O3. The van der Waals surface area contributed by atoms with Crippen LogP contribution in [0.25, 0.3) is 11.0 Å². The molecule has 0 bridgehead atoms. The average molecular weight is 483 g/mol. The normalized spacial score (nSPS) is 14.0. The van der Waals surface area contributed by atoms with Crippen LogP contribution in [0.2, 0.25) is 0 Å². The molecule has 1 aliphatic rings. The first kappa shape index (κ1) is 23.7. The molecule has 0 aliphatic carbocycles. The molecule has 4 aromatic rings. The molecule has 36 heavy (non-hydrogen) atoms. The molecule has 5 rings (SSSR count). The predicted octanol–water partition coefficient (Wildman–Crippen LogP) is 4.87. The molecule has 0 radical (unpaired) electrons. The van der Waals surface area contributed by atoms with E-state index in [1.807, 2.05) is 72.8 Å². The first-order valence-corrected chi connectivity index (χ1v) is 12.4. The fourth-order valence-electron chi connectivity index (χ4n) is 5.22. The summed E-state index contributed by atoms with van der Waals surface area (Å²) in [7, 11) is 0. The van der Waals surface area contributed by atoms with Crippen LogP contribution in [-0.2, 0) is 24.3 Å². The van der Waals surface area contributed by atoms with Gasteiger partial charge in [-0.25, -0.2) is 4.68 Å². The zero-order chi connectivity index (χ0) is 25.4. The van der Waals surface area contributed by atoms with Gasteiger partial charge in [0.25, 0.3) is 5.91 Å². The van der Waals surface area contributed by atoms with Crippen molar-refractivity contribution >= 4 is 22.9 Å². The molecule has 1 N–H and O–H groups in total. The third kappa shape index (κ3) is 4.37. The topological polar surface area (TPSA) is 88.3 Å². The Labute approximate surface area is 210 Å². The van der Waals surface area contributed by atoms with Gasteiger partial charge in [-0.1, -0.05) is 47.2 Å². The van der Waals surface area contributed by atoms with Gasteiger partial charge in [0.15, 0.2) is 0 Å². The van der Waals surface area contributed by atoms with E-state index in [0.717, 1.165) is 51.8 Å². The van der Waals surface area contributed by atoms with Crippen molar-refractivity contribution in [2.45, 2.75) is 52.6 Å². The second-order valence-electron chi connectivity index (χ2n) is 9.57. The fourth-order valence-corrected chi connectivity index (χ4v) is 5.22. The second kappa shape index (κ2) is 9.57. The van der Waals surface area contributed by atoms with Crippen molar-refractivity contribution in [3.05, 3.63) is 93.5 Å². The molecule has 1 unspecified atom stereocenters. The minimum atomic E-state index is -0.856. The molecule has 7 heteroatoms. The summed E-state index contributed by atoms with van der Waals surface area (Å²) in [6.45, 7) is 7.91. The van der Waals surface area contributed by atoms with Crippen molar-refractivity contribution < 1.29 is 14.7 Å². The lowest BCUT2D eigenvalue weighted by molar-refractivity contribution is -0.137. The number of rotatable bonds is 6. The van der Waals surface area contributed by atoms with Gasteiger partial charge in [-0.15, -0.1) is 5.10 Å². The van der Waals surface area contributed by atoms with Gasteiger partial charge in [0, 0.05) is 31.1 Å². The number of amides is 1. The largest absolute Gasteiger partial charge is 0.481 e. The molecule has 0 saturated carbocycles. The van der Waals surface area contributed by atoms with Crippen LogP contribution in [0.3, 0.4) is 0 Å². The van der Waals surface area contributed by atoms with E-state index in [9.17, 15) is 14.7 Å². The first-order chi connectivity index (χ1) is 17.4. The van der Waals surface area contributed by atoms with Crippen LogP contribution < -0.4 is 0 Å². The van der Waals surface area contributed by atoms with Crippen LogP contribution in [-0.4, -0.2) is 43.4 Å². The molecule has 3 aromatic carbocycles. The summed E-state index contributed by atoms with van der Waals surface area (Å²) in [6, 6.07) is 17.9. The van der Waals surface area contributed by atoms with E-state index in [0.29, 0.717) is 18.7 Å². The molecule has 0 spiro atoms.